The Bertz CT molecular complexity index is 952. The van der Waals surface area contributed by atoms with Crippen LogP contribution in [0.15, 0.2) is 52.1 Å². The van der Waals surface area contributed by atoms with Gasteiger partial charge in [0.15, 0.2) is 12.4 Å². The number of benzene rings is 2. The predicted octanol–water partition coefficient (Wildman–Crippen LogP) is 4.94. The van der Waals surface area contributed by atoms with Gasteiger partial charge in [0.05, 0.1) is 5.25 Å². The number of hydrogen-bond acceptors (Lipinski definition) is 6. The number of aromatic nitrogens is 2. The molecule has 6 heteroatoms. The third-order valence-corrected chi connectivity index (χ3v) is 5.17. The summed E-state index contributed by atoms with van der Waals surface area (Å²) in [4.78, 5) is 12.6. The summed E-state index contributed by atoms with van der Waals surface area (Å²) >= 11 is 1.26. The number of ketones is 1. The van der Waals surface area contributed by atoms with Crippen molar-refractivity contribution in [2.24, 2.45) is 0 Å². The standard InChI is InChI=1S/C21H22N2O3S/c1-13-6-5-7-18(10-13)25-12-19-22-23-21(26-19)27-16(4)20(24)17-9-8-14(2)15(3)11-17/h5-11,16H,12H2,1-4H3. The average molecular weight is 382 g/mol. The summed E-state index contributed by atoms with van der Waals surface area (Å²) in [5.41, 5.74) is 4.09. The molecule has 3 rings (SSSR count). The molecule has 1 atom stereocenters. The number of carbonyl (C=O) groups excluding carboxylic acids is 1. The topological polar surface area (TPSA) is 65.2 Å². The molecule has 0 spiro atoms. The molecule has 27 heavy (non-hydrogen) atoms. The summed E-state index contributed by atoms with van der Waals surface area (Å²) in [6.07, 6.45) is 0. The minimum atomic E-state index is -0.321. The number of ether oxygens (including phenoxy) is 1. The van der Waals surface area contributed by atoms with Gasteiger partial charge >= 0.3 is 0 Å². The zero-order valence-corrected chi connectivity index (χ0v) is 16.7. The van der Waals surface area contributed by atoms with Crippen LogP contribution in [0.3, 0.4) is 0 Å². The van der Waals surface area contributed by atoms with Crippen LogP contribution in [0.25, 0.3) is 0 Å². The second-order valence-electron chi connectivity index (χ2n) is 6.49. The monoisotopic (exact) mass is 382 g/mol. The Kier molecular flexibility index (Phi) is 5.96. The highest BCUT2D eigenvalue weighted by molar-refractivity contribution is 8.00. The molecule has 2 aromatic carbocycles. The summed E-state index contributed by atoms with van der Waals surface area (Å²) in [5.74, 6) is 1.17. The van der Waals surface area contributed by atoms with E-state index in [2.05, 4.69) is 10.2 Å². The number of hydrogen-bond donors (Lipinski definition) is 0. The Balaban J connectivity index is 1.59. The number of carbonyl (C=O) groups is 1. The lowest BCUT2D eigenvalue weighted by Crippen LogP contribution is -2.13. The SMILES string of the molecule is Cc1cccc(OCc2nnc(SC(C)C(=O)c3ccc(C)c(C)c3)o2)c1. The Morgan fingerprint density at radius 2 is 1.93 bits per heavy atom. The van der Waals surface area contributed by atoms with Gasteiger partial charge in [-0.05, 0) is 62.6 Å². The molecule has 5 nitrogen and oxygen atoms in total. The van der Waals surface area contributed by atoms with Gasteiger partial charge in [-0.2, -0.15) is 0 Å². The minimum absolute atomic E-state index is 0.0406. The smallest absolute Gasteiger partial charge is 0.277 e. The van der Waals surface area contributed by atoms with Gasteiger partial charge in [0.25, 0.3) is 11.1 Å². The van der Waals surface area contributed by atoms with Crippen LogP contribution in [0.5, 0.6) is 5.75 Å². The molecule has 0 saturated heterocycles. The second kappa shape index (κ2) is 8.39. The highest BCUT2D eigenvalue weighted by atomic mass is 32.2. The van der Waals surface area contributed by atoms with Crippen molar-refractivity contribution in [2.75, 3.05) is 0 Å². The van der Waals surface area contributed by atoms with Crippen molar-refractivity contribution in [3.05, 3.63) is 70.6 Å². The molecule has 1 unspecified atom stereocenters. The Labute approximate surface area is 163 Å². The maximum Gasteiger partial charge on any atom is 0.277 e. The van der Waals surface area contributed by atoms with Gasteiger partial charge in [0, 0.05) is 5.56 Å². The maximum absolute atomic E-state index is 12.6. The third kappa shape index (κ3) is 4.98. The molecular weight excluding hydrogens is 360 g/mol. The van der Waals surface area contributed by atoms with Crippen LogP contribution < -0.4 is 4.74 Å². The predicted molar refractivity (Wildman–Crippen MR) is 105 cm³/mol. The molecule has 1 heterocycles. The fourth-order valence-electron chi connectivity index (χ4n) is 2.53. The first-order valence-electron chi connectivity index (χ1n) is 8.72. The molecule has 0 amide bonds. The molecule has 0 aliphatic carbocycles. The lowest BCUT2D eigenvalue weighted by Gasteiger charge is -2.09. The molecular formula is C21H22N2O3S. The van der Waals surface area contributed by atoms with Gasteiger partial charge in [-0.15, -0.1) is 10.2 Å². The van der Waals surface area contributed by atoms with Gasteiger partial charge in [-0.25, -0.2) is 0 Å². The van der Waals surface area contributed by atoms with Crippen LogP contribution >= 0.6 is 11.8 Å². The largest absolute Gasteiger partial charge is 0.484 e. The zero-order valence-electron chi connectivity index (χ0n) is 15.9. The Hall–Kier alpha value is -2.60. The average Bonchev–Trinajstić information content (AvgIpc) is 3.09. The number of thioether (sulfide) groups is 1. The van der Waals surface area contributed by atoms with E-state index in [1.54, 1.807) is 0 Å². The van der Waals surface area contributed by atoms with Crippen LogP contribution in [0.4, 0.5) is 0 Å². The molecule has 0 saturated carbocycles. The summed E-state index contributed by atoms with van der Waals surface area (Å²) in [6, 6.07) is 13.5. The van der Waals surface area contributed by atoms with Gasteiger partial charge in [0.1, 0.15) is 5.75 Å². The molecule has 0 aliphatic heterocycles. The van der Waals surface area contributed by atoms with Crippen LogP contribution in [0, 0.1) is 20.8 Å². The van der Waals surface area contributed by atoms with Crippen molar-refractivity contribution >= 4 is 17.5 Å². The van der Waals surface area contributed by atoms with E-state index in [1.807, 2.05) is 70.2 Å². The normalized spacial score (nSPS) is 12.0. The van der Waals surface area contributed by atoms with Crippen LogP contribution in [-0.4, -0.2) is 21.2 Å². The molecule has 0 bridgehead atoms. The summed E-state index contributed by atoms with van der Waals surface area (Å²) < 4.78 is 11.3. The number of Topliss-reactive ketones (excluding diaryl/α,β-unsaturated/α-hetero) is 1. The summed E-state index contributed by atoms with van der Waals surface area (Å²) in [7, 11) is 0. The van der Waals surface area contributed by atoms with E-state index in [9.17, 15) is 4.79 Å². The Morgan fingerprint density at radius 3 is 2.67 bits per heavy atom. The first kappa shape index (κ1) is 19.2. The fraction of sp³-hybridized carbons (Fsp3) is 0.286. The zero-order chi connectivity index (χ0) is 19.4. The third-order valence-electron chi connectivity index (χ3n) is 4.24. The van der Waals surface area contributed by atoms with Crippen molar-refractivity contribution in [2.45, 2.75) is 44.8 Å². The van der Waals surface area contributed by atoms with Gasteiger partial charge in [-0.3, -0.25) is 4.79 Å². The van der Waals surface area contributed by atoms with Crippen molar-refractivity contribution < 1.29 is 13.9 Å². The first-order chi connectivity index (χ1) is 12.9. The Morgan fingerprint density at radius 1 is 1.11 bits per heavy atom. The van der Waals surface area contributed by atoms with E-state index in [1.165, 1.54) is 17.3 Å². The number of nitrogens with zero attached hydrogens (tertiary/aromatic N) is 2. The van der Waals surface area contributed by atoms with Crippen LogP contribution in [0.1, 0.15) is 39.9 Å². The fourth-order valence-corrected chi connectivity index (χ4v) is 3.31. The van der Waals surface area contributed by atoms with E-state index < -0.39 is 0 Å². The van der Waals surface area contributed by atoms with E-state index in [4.69, 9.17) is 9.15 Å². The van der Waals surface area contributed by atoms with Crippen LogP contribution in [-0.2, 0) is 6.61 Å². The van der Waals surface area contributed by atoms with E-state index in [0.717, 1.165) is 16.9 Å². The highest BCUT2D eigenvalue weighted by Gasteiger charge is 2.20. The molecule has 1 aromatic heterocycles. The molecule has 3 aromatic rings. The number of rotatable bonds is 7. The summed E-state index contributed by atoms with van der Waals surface area (Å²) in [6.45, 7) is 8.07. The first-order valence-corrected chi connectivity index (χ1v) is 9.60. The molecule has 140 valence electrons. The van der Waals surface area contributed by atoms with Crippen molar-refractivity contribution in [3.8, 4) is 5.75 Å². The van der Waals surface area contributed by atoms with E-state index in [-0.39, 0.29) is 17.6 Å². The quantitative estimate of drug-likeness (QED) is 0.426. The molecule has 0 N–H and O–H groups in total. The molecule has 0 aliphatic rings. The van der Waals surface area contributed by atoms with Crippen LogP contribution in [0.2, 0.25) is 0 Å². The minimum Gasteiger partial charge on any atom is -0.484 e. The van der Waals surface area contributed by atoms with E-state index >= 15 is 0 Å². The molecule has 0 fully saturated rings. The summed E-state index contributed by atoms with van der Waals surface area (Å²) in [5, 5.41) is 8.04. The second-order valence-corrected chi connectivity index (χ2v) is 7.78. The maximum atomic E-state index is 12.6. The van der Waals surface area contributed by atoms with E-state index in [0.29, 0.717) is 16.7 Å². The lowest BCUT2D eigenvalue weighted by molar-refractivity contribution is 0.0993. The van der Waals surface area contributed by atoms with Crippen molar-refractivity contribution in [1.29, 1.82) is 0 Å². The van der Waals surface area contributed by atoms with Crippen molar-refractivity contribution in [3.63, 3.8) is 0 Å². The highest BCUT2D eigenvalue weighted by Crippen LogP contribution is 2.25. The van der Waals surface area contributed by atoms with Gasteiger partial charge in [-0.1, -0.05) is 36.0 Å². The van der Waals surface area contributed by atoms with Crippen molar-refractivity contribution in [1.82, 2.24) is 10.2 Å². The van der Waals surface area contributed by atoms with Gasteiger partial charge in [0.2, 0.25) is 0 Å². The van der Waals surface area contributed by atoms with Gasteiger partial charge < -0.3 is 9.15 Å². The molecule has 0 radical (unpaired) electrons. The lowest BCUT2D eigenvalue weighted by atomic mass is 10.0. The number of aryl methyl sites for hydroxylation is 3.